The van der Waals surface area contributed by atoms with Gasteiger partial charge in [0, 0.05) is 12.1 Å². The fourth-order valence-electron chi connectivity index (χ4n) is 1.08. The lowest BCUT2D eigenvalue weighted by molar-refractivity contribution is 0.232. The van der Waals surface area contributed by atoms with Crippen LogP contribution in [-0.2, 0) is 0 Å². The molecule has 1 aromatic rings. The average Bonchev–Trinajstić information content (AvgIpc) is 2.14. The zero-order valence-electron chi connectivity index (χ0n) is 9.47. The molecular weight excluding hydrogens is 188 g/mol. The van der Waals surface area contributed by atoms with Gasteiger partial charge in [0.2, 0.25) is 5.88 Å². The molecule has 1 heterocycles. The van der Waals surface area contributed by atoms with Gasteiger partial charge in [0.1, 0.15) is 0 Å². The largest absolute Gasteiger partial charge is 0.475 e. The lowest BCUT2D eigenvalue weighted by Gasteiger charge is -2.08. The average molecular weight is 206 g/mol. The number of nitrogens with zero attached hydrogens (tertiary/aromatic N) is 1. The first-order chi connectivity index (χ1) is 7.08. The van der Waals surface area contributed by atoms with Gasteiger partial charge in [-0.05, 0) is 32.9 Å². The van der Waals surface area contributed by atoms with Crippen LogP contribution in [0.1, 0.15) is 26.5 Å². The molecule has 2 N–H and O–H groups in total. The number of rotatable bonds is 4. The number of hydrogen-bond acceptors (Lipinski definition) is 3. The molecule has 0 aliphatic carbocycles. The summed E-state index contributed by atoms with van der Waals surface area (Å²) in [4.78, 5) is 4.32. The predicted molar refractivity (Wildman–Crippen MR) is 62.7 cm³/mol. The molecule has 0 aromatic carbocycles. The van der Waals surface area contributed by atoms with Crippen molar-refractivity contribution in [3.05, 3.63) is 30.0 Å². The lowest BCUT2D eigenvalue weighted by Crippen LogP contribution is -2.10. The van der Waals surface area contributed by atoms with Gasteiger partial charge in [-0.15, -0.1) is 0 Å². The SMILES string of the molecule is CC(N)/C=C/c1cccc(OC(C)C)n1. The second-order valence-electron chi connectivity index (χ2n) is 3.79. The quantitative estimate of drug-likeness (QED) is 0.821. The van der Waals surface area contributed by atoms with Crippen molar-refractivity contribution in [3.63, 3.8) is 0 Å². The van der Waals surface area contributed by atoms with E-state index in [9.17, 15) is 0 Å². The minimum absolute atomic E-state index is 0.0430. The summed E-state index contributed by atoms with van der Waals surface area (Å²) in [5.74, 6) is 0.650. The summed E-state index contributed by atoms with van der Waals surface area (Å²) in [5, 5.41) is 0. The van der Waals surface area contributed by atoms with Gasteiger partial charge in [-0.2, -0.15) is 0 Å². The zero-order valence-corrected chi connectivity index (χ0v) is 9.47. The van der Waals surface area contributed by atoms with E-state index in [1.165, 1.54) is 0 Å². The van der Waals surface area contributed by atoms with Crippen LogP contribution in [0.3, 0.4) is 0 Å². The maximum absolute atomic E-state index is 5.61. The van der Waals surface area contributed by atoms with E-state index in [1.807, 2.05) is 51.1 Å². The molecule has 1 rings (SSSR count). The first kappa shape index (κ1) is 11.7. The Hall–Kier alpha value is -1.35. The summed E-state index contributed by atoms with van der Waals surface area (Å²) in [6.45, 7) is 5.88. The van der Waals surface area contributed by atoms with Crippen LogP contribution in [-0.4, -0.2) is 17.1 Å². The Bertz CT molecular complexity index is 332. The van der Waals surface area contributed by atoms with Gasteiger partial charge in [-0.3, -0.25) is 0 Å². The van der Waals surface area contributed by atoms with E-state index in [-0.39, 0.29) is 12.1 Å². The monoisotopic (exact) mass is 206 g/mol. The van der Waals surface area contributed by atoms with Gasteiger partial charge in [0.25, 0.3) is 0 Å². The van der Waals surface area contributed by atoms with Crippen LogP contribution in [0.15, 0.2) is 24.3 Å². The third-order valence-electron chi connectivity index (χ3n) is 1.67. The van der Waals surface area contributed by atoms with Gasteiger partial charge < -0.3 is 10.5 Å². The molecule has 1 unspecified atom stereocenters. The van der Waals surface area contributed by atoms with Gasteiger partial charge in [0.15, 0.2) is 0 Å². The molecule has 0 aliphatic heterocycles. The normalized spacial score (nSPS) is 13.4. The Balaban J connectivity index is 2.74. The van der Waals surface area contributed by atoms with Crippen molar-refractivity contribution < 1.29 is 4.74 Å². The molecule has 1 atom stereocenters. The van der Waals surface area contributed by atoms with E-state index < -0.39 is 0 Å². The summed E-state index contributed by atoms with van der Waals surface area (Å²) < 4.78 is 5.49. The topological polar surface area (TPSA) is 48.1 Å². The Labute approximate surface area is 91.0 Å². The first-order valence-corrected chi connectivity index (χ1v) is 5.15. The van der Waals surface area contributed by atoms with Crippen molar-refractivity contribution in [1.82, 2.24) is 4.98 Å². The van der Waals surface area contributed by atoms with E-state index in [4.69, 9.17) is 10.5 Å². The smallest absolute Gasteiger partial charge is 0.213 e. The molecule has 3 heteroatoms. The highest BCUT2D eigenvalue weighted by Gasteiger charge is 1.98. The number of nitrogens with two attached hydrogens (primary N) is 1. The summed E-state index contributed by atoms with van der Waals surface area (Å²) in [7, 11) is 0. The molecule has 0 spiro atoms. The van der Waals surface area contributed by atoms with Crippen molar-refractivity contribution in [2.45, 2.75) is 32.9 Å². The van der Waals surface area contributed by atoms with Crippen LogP contribution in [0.4, 0.5) is 0 Å². The highest BCUT2D eigenvalue weighted by Crippen LogP contribution is 2.10. The maximum atomic E-state index is 5.61. The molecule has 0 amide bonds. The predicted octanol–water partition coefficient (Wildman–Crippen LogP) is 2.23. The molecular formula is C12H18N2O. The van der Waals surface area contributed by atoms with Gasteiger partial charge >= 0.3 is 0 Å². The Morgan fingerprint density at radius 1 is 1.33 bits per heavy atom. The standard InChI is InChI=1S/C12H18N2O/c1-9(2)15-12-6-4-5-11(14-12)8-7-10(3)13/h4-10H,13H2,1-3H3/b8-7+. The Morgan fingerprint density at radius 3 is 2.67 bits per heavy atom. The van der Waals surface area contributed by atoms with Crippen molar-refractivity contribution in [1.29, 1.82) is 0 Å². The molecule has 1 aromatic heterocycles. The second kappa shape index (κ2) is 5.51. The number of pyridine rings is 1. The van der Waals surface area contributed by atoms with Crippen molar-refractivity contribution in [2.24, 2.45) is 5.73 Å². The van der Waals surface area contributed by atoms with Crippen LogP contribution < -0.4 is 10.5 Å². The third kappa shape index (κ3) is 4.61. The lowest BCUT2D eigenvalue weighted by atomic mass is 10.2. The zero-order chi connectivity index (χ0) is 11.3. The van der Waals surface area contributed by atoms with Gasteiger partial charge in [0.05, 0.1) is 11.8 Å². The van der Waals surface area contributed by atoms with Crippen LogP contribution in [0.25, 0.3) is 6.08 Å². The molecule has 0 aliphatic rings. The summed E-state index contributed by atoms with van der Waals surface area (Å²) in [6, 6.07) is 5.74. The minimum atomic E-state index is 0.0430. The van der Waals surface area contributed by atoms with Gasteiger partial charge in [-0.25, -0.2) is 4.98 Å². The van der Waals surface area contributed by atoms with E-state index in [0.717, 1.165) is 5.69 Å². The minimum Gasteiger partial charge on any atom is -0.475 e. The van der Waals surface area contributed by atoms with Crippen molar-refractivity contribution in [2.75, 3.05) is 0 Å². The molecule has 3 nitrogen and oxygen atoms in total. The number of aromatic nitrogens is 1. The second-order valence-corrected chi connectivity index (χ2v) is 3.79. The Morgan fingerprint density at radius 2 is 2.07 bits per heavy atom. The summed E-state index contributed by atoms with van der Waals surface area (Å²) in [6.07, 6.45) is 3.95. The van der Waals surface area contributed by atoms with E-state index >= 15 is 0 Å². The molecule has 15 heavy (non-hydrogen) atoms. The molecule has 82 valence electrons. The summed E-state index contributed by atoms with van der Waals surface area (Å²) >= 11 is 0. The van der Waals surface area contributed by atoms with E-state index in [2.05, 4.69) is 4.98 Å². The van der Waals surface area contributed by atoms with Crippen LogP contribution >= 0.6 is 0 Å². The third-order valence-corrected chi connectivity index (χ3v) is 1.67. The Kier molecular flexibility index (Phi) is 4.31. The van der Waals surface area contributed by atoms with Crippen LogP contribution in [0, 0.1) is 0 Å². The number of ether oxygens (including phenoxy) is 1. The molecule has 0 fully saturated rings. The molecule has 0 saturated heterocycles. The van der Waals surface area contributed by atoms with Gasteiger partial charge in [-0.1, -0.05) is 12.1 Å². The van der Waals surface area contributed by atoms with Crippen LogP contribution in [0.5, 0.6) is 5.88 Å². The maximum Gasteiger partial charge on any atom is 0.213 e. The molecule has 0 bridgehead atoms. The van der Waals surface area contributed by atoms with Crippen LogP contribution in [0.2, 0.25) is 0 Å². The first-order valence-electron chi connectivity index (χ1n) is 5.15. The number of hydrogen-bond donors (Lipinski definition) is 1. The fourth-order valence-corrected chi connectivity index (χ4v) is 1.08. The van der Waals surface area contributed by atoms with E-state index in [1.54, 1.807) is 0 Å². The molecule has 0 saturated carbocycles. The summed E-state index contributed by atoms with van der Waals surface area (Å²) in [5.41, 5.74) is 6.48. The highest BCUT2D eigenvalue weighted by atomic mass is 16.5. The molecule has 0 radical (unpaired) electrons. The fraction of sp³-hybridized carbons (Fsp3) is 0.417. The van der Waals surface area contributed by atoms with Crippen molar-refractivity contribution >= 4 is 6.08 Å². The highest BCUT2D eigenvalue weighted by molar-refractivity contribution is 5.45. The van der Waals surface area contributed by atoms with E-state index in [0.29, 0.717) is 5.88 Å². The van der Waals surface area contributed by atoms with Crippen molar-refractivity contribution in [3.8, 4) is 5.88 Å².